The molecule has 0 fully saturated rings. The Kier molecular flexibility index (Phi) is 3.50. The molecule has 78 valence electrons. The van der Waals surface area contributed by atoms with Crippen molar-refractivity contribution < 1.29 is 0 Å². The maximum absolute atomic E-state index is 5.66. The van der Waals surface area contributed by atoms with E-state index in [1.165, 1.54) is 0 Å². The SMILES string of the molecule is CCn1cc(NC(N)=NC(C)C)cn1. The molecule has 1 rings (SSSR count). The van der Waals surface area contributed by atoms with Gasteiger partial charge in [0.15, 0.2) is 5.96 Å². The molecule has 0 atom stereocenters. The number of hydrogen-bond donors (Lipinski definition) is 2. The second kappa shape index (κ2) is 4.64. The average molecular weight is 195 g/mol. The first-order valence-corrected chi connectivity index (χ1v) is 4.74. The van der Waals surface area contributed by atoms with E-state index < -0.39 is 0 Å². The summed E-state index contributed by atoms with van der Waals surface area (Å²) >= 11 is 0. The van der Waals surface area contributed by atoms with Crippen LogP contribution in [0.4, 0.5) is 5.69 Å². The van der Waals surface area contributed by atoms with Crippen LogP contribution in [0, 0.1) is 0 Å². The van der Waals surface area contributed by atoms with E-state index in [-0.39, 0.29) is 6.04 Å². The molecule has 0 aromatic carbocycles. The lowest BCUT2D eigenvalue weighted by Gasteiger charge is -2.03. The predicted molar refractivity (Wildman–Crippen MR) is 58.3 cm³/mol. The number of nitrogens with one attached hydrogen (secondary N) is 1. The Hall–Kier alpha value is -1.52. The molecule has 1 heterocycles. The van der Waals surface area contributed by atoms with Crippen molar-refractivity contribution in [1.29, 1.82) is 0 Å². The molecule has 1 aromatic heterocycles. The fourth-order valence-electron chi connectivity index (χ4n) is 1.06. The minimum Gasteiger partial charge on any atom is -0.370 e. The number of aromatic nitrogens is 2. The lowest BCUT2D eigenvalue weighted by molar-refractivity contribution is 0.660. The topological polar surface area (TPSA) is 68.2 Å². The summed E-state index contributed by atoms with van der Waals surface area (Å²) < 4.78 is 1.82. The van der Waals surface area contributed by atoms with E-state index in [1.54, 1.807) is 6.20 Å². The summed E-state index contributed by atoms with van der Waals surface area (Å²) in [6, 6.07) is 0.198. The lowest BCUT2D eigenvalue weighted by Crippen LogP contribution is -2.23. The molecule has 0 aliphatic heterocycles. The normalized spacial score (nSPS) is 12.1. The van der Waals surface area contributed by atoms with Gasteiger partial charge < -0.3 is 11.1 Å². The van der Waals surface area contributed by atoms with Gasteiger partial charge in [0.2, 0.25) is 0 Å². The molecule has 5 nitrogen and oxygen atoms in total. The highest BCUT2D eigenvalue weighted by molar-refractivity contribution is 5.92. The van der Waals surface area contributed by atoms with Crippen LogP contribution in [0.2, 0.25) is 0 Å². The molecule has 0 aliphatic rings. The largest absolute Gasteiger partial charge is 0.370 e. The van der Waals surface area contributed by atoms with Crippen LogP contribution in [0.5, 0.6) is 0 Å². The summed E-state index contributed by atoms with van der Waals surface area (Å²) in [4.78, 5) is 4.15. The Labute approximate surface area is 84.0 Å². The van der Waals surface area contributed by atoms with Crippen LogP contribution < -0.4 is 11.1 Å². The van der Waals surface area contributed by atoms with Crippen LogP contribution in [0.3, 0.4) is 0 Å². The van der Waals surface area contributed by atoms with Crippen molar-refractivity contribution in [3.63, 3.8) is 0 Å². The average Bonchev–Trinajstić information content (AvgIpc) is 2.50. The van der Waals surface area contributed by atoms with Crippen LogP contribution in [0.15, 0.2) is 17.4 Å². The van der Waals surface area contributed by atoms with Crippen molar-refractivity contribution in [3.05, 3.63) is 12.4 Å². The number of nitrogens with two attached hydrogens (primary N) is 1. The van der Waals surface area contributed by atoms with Gasteiger partial charge in [0.25, 0.3) is 0 Å². The summed E-state index contributed by atoms with van der Waals surface area (Å²) in [5, 5.41) is 7.08. The van der Waals surface area contributed by atoms with Gasteiger partial charge in [-0.1, -0.05) is 0 Å². The standard InChI is InChI=1S/C9H17N5/c1-4-14-6-8(5-11-14)13-9(10)12-7(2)3/h5-7H,4H2,1-3H3,(H3,10,12,13). The van der Waals surface area contributed by atoms with Crippen molar-refractivity contribution in [3.8, 4) is 0 Å². The van der Waals surface area contributed by atoms with E-state index in [2.05, 4.69) is 15.4 Å². The van der Waals surface area contributed by atoms with Gasteiger partial charge in [-0.3, -0.25) is 9.67 Å². The van der Waals surface area contributed by atoms with Gasteiger partial charge in [0.1, 0.15) is 0 Å². The van der Waals surface area contributed by atoms with E-state index in [0.29, 0.717) is 5.96 Å². The first-order chi connectivity index (χ1) is 6.61. The van der Waals surface area contributed by atoms with Crippen LogP contribution >= 0.6 is 0 Å². The lowest BCUT2D eigenvalue weighted by atomic mass is 10.4. The number of aliphatic imine (C=N–C) groups is 1. The van der Waals surface area contributed by atoms with Gasteiger partial charge >= 0.3 is 0 Å². The fraction of sp³-hybridized carbons (Fsp3) is 0.556. The van der Waals surface area contributed by atoms with Crippen molar-refractivity contribution >= 4 is 11.6 Å². The van der Waals surface area contributed by atoms with Crippen LogP contribution in [-0.4, -0.2) is 21.8 Å². The first kappa shape index (κ1) is 10.6. The van der Waals surface area contributed by atoms with Crippen molar-refractivity contribution in [1.82, 2.24) is 9.78 Å². The zero-order valence-corrected chi connectivity index (χ0v) is 8.86. The van der Waals surface area contributed by atoms with Crippen molar-refractivity contribution in [2.75, 3.05) is 5.32 Å². The van der Waals surface area contributed by atoms with Gasteiger partial charge in [-0.25, -0.2) is 0 Å². The first-order valence-electron chi connectivity index (χ1n) is 4.74. The molecule has 0 spiro atoms. The van der Waals surface area contributed by atoms with Crippen molar-refractivity contribution in [2.24, 2.45) is 10.7 Å². The number of anilines is 1. The quantitative estimate of drug-likeness (QED) is 0.559. The molecule has 0 unspecified atom stereocenters. The second-order valence-corrected chi connectivity index (χ2v) is 3.32. The Bertz CT molecular complexity index is 313. The van der Waals surface area contributed by atoms with E-state index in [4.69, 9.17) is 5.73 Å². The van der Waals surface area contributed by atoms with E-state index >= 15 is 0 Å². The zero-order chi connectivity index (χ0) is 10.6. The Morgan fingerprint density at radius 1 is 1.71 bits per heavy atom. The maximum atomic E-state index is 5.66. The third kappa shape index (κ3) is 3.08. The highest BCUT2D eigenvalue weighted by Gasteiger charge is 1.98. The number of nitrogens with zero attached hydrogens (tertiary/aromatic N) is 3. The molecule has 0 bridgehead atoms. The van der Waals surface area contributed by atoms with Crippen molar-refractivity contribution in [2.45, 2.75) is 33.4 Å². The molecule has 0 aliphatic carbocycles. The molecular formula is C9H17N5. The number of guanidine groups is 1. The van der Waals surface area contributed by atoms with E-state index in [1.807, 2.05) is 31.6 Å². The summed E-state index contributed by atoms with van der Waals surface area (Å²) in [5.74, 6) is 0.427. The smallest absolute Gasteiger partial charge is 0.193 e. The number of rotatable bonds is 3. The van der Waals surface area contributed by atoms with Crippen LogP contribution in [-0.2, 0) is 6.54 Å². The minimum atomic E-state index is 0.198. The Morgan fingerprint density at radius 2 is 2.43 bits per heavy atom. The summed E-state index contributed by atoms with van der Waals surface area (Å²) in [6.45, 7) is 6.83. The third-order valence-corrected chi connectivity index (χ3v) is 1.63. The molecular weight excluding hydrogens is 178 g/mol. The predicted octanol–water partition coefficient (Wildman–Crippen LogP) is 1.04. The molecule has 1 aromatic rings. The Balaban J connectivity index is 2.60. The van der Waals surface area contributed by atoms with Gasteiger partial charge in [0.05, 0.1) is 11.9 Å². The summed E-state index contributed by atoms with van der Waals surface area (Å²) in [7, 11) is 0. The highest BCUT2D eigenvalue weighted by atomic mass is 15.3. The zero-order valence-electron chi connectivity index (χ0n) is 8.86. The second-order valence-electron chi connectivity index (χ2n) is 3.32. The monoisotopic (exact) mass is 195 g/mol. The molecule has 0 amide bonds. The van der Waals surface area contributed by atoms with Gasteiger partial charge in [-0.15, -0.1) is 0 Å². The molecule has 0 saturated heterocycles. The van der Waals surface area contributed by atoms with Gasteiger partial charge in [0, 0.05) is 18.8 Å². The molecule has 0 saturated carbocycles. The fourth-order valence-corrected chi connectivity index (χ4v) is 1.06. The highest BCUT2D eigenvalue weighted by Crippen LogP contribution is 2.03. The molecule has 14 heavy (non-hydrogen) atoms. The van der Waals surface area contributed by atoms with Gasteiger partial charge in [-0.2, -0.15) is 5.10 Å². The summed E-state index contributed by atoms with van der Waals surface area (Å²) in [6.07, 6.45) is 3.62. The third-order valence-electron chi connectivity index (χ3n) is 1.63. The molecule has 3 N–H and O–H groups in total. The molecule has 5 heteroatoms. The van der Waals surface area contributed by atoms with E-state index in [9.17, 15) is 0 Å². The van der Waals surface area contributed by atoms with Crippen LogP contribution in [0.1, 0.15) is 20.8 Å². The maximum Gasteiger partial charge on any atom is 0.193 e. The Morgan fingerprint density at radius 3 is 2.93 bits per heavy atom. The minimum absolute atomic E-state index is 0.198. The summed E-state index contributed by atoms with van der Waals surface area (Å²) in [5.41, 5.74) is 6.53. The van der Waals surface area contributed by atoms with E-state index in [0.717, 1.165) is 12.2 Å². The number of aryl methyl sites for hydroxylation is 1. The number of hydrogen-bond acceptors (Lipinski definition) is 2. The van der Waals surface area contributed by atoms with Gasteiger partial charge in [-0.05, 0) is 20.8 Å². The molecule has 0 radical (unpaired) electrons. The van der Waals surface area contributed by atoms with Crippen LogP contribution in [0.25, 0.3) is 0 Å².